The van der Waals surface area contributed by atoms with Crippen molar-refractivity contribution in [3.63, 3.8) is 0 Å². The molecule has 0 unspecified atom stereocenters. The van der Waals surface area contributed by atoms with Crippen molar-refractivity contribution in [3.05, 3.63) is 65.7 Å². The zero-order chi connectivity index (χ0) is 21.4. The number of hydrogen-bond acceptors (Lipinski definition) is 4. The minimum Gasteiger partial charge on any atom is -0.494 e. The maximum Gasteiger partial charge on any atom is 0.130 e. The Morgan fingerprint density at radius 1 is 1.06 bits per heavy atom. The maximum absolute atomic E-state index is 6.46. The van der Waals surface area contributed by atoms with Crippen LogP contribution in [0.1, 0.15) is 36.8 Å². The number of aryl methyl sites for hydroxylation is 1. The molecule has 0 saturated carbocycles. The Kier molecular flexibility index (Phi) is 4.86. The average molecular weight is 415 g/mol. The van der Waals surface area contributed by atoms with Crippen LogP contribution < -0.4 is 10.5 Å². The van der Waals surface area contributed by atoms with Crippen LogP contribution in [0.25, 0.3) is 27.6 Å². The van der Waals surface area contributed by atoms with E-state index in [0.29, 0.717) is 12.2 Å². The van der Waals surface area contributed by atoms with E-state index in [1.165, 1.54) is 0 Å². The van der Waals surface area contributed by atoms with Gasteiger partial charge in [-0.3, -0.25) is 0 Å². The molecule has 5 aromatic rings. The van der Waals surface area contributed by atoms with Gasteiger partial charge in [0.1, 0.15) is 17.4 Å². The molecule has 0 aliphatic rings. The molecule has 2 aromatic carbocycles. The maximum atomic E-state index is 6.46. The average Bonchev–Trinajstić information content (AvgIpc) is 3.43. The third kappa shape index (κ3) is 3.74. The van der Waals surface area contributed by atoms with Gasteiger partial charge in [-0.05, 0) is 55.8 Å². The van der Waals surface area contributed by atoms with E-state index in [1.807, 2.05) is 37.4 Å². The molecule has 5 rings (SSSR count). The lowest BCUT2D eigenvalue weighted by atomic mass is 10.1. The first-order chi connectivity index (χ1) is 15.1. The highest BCUT2D eigenvalue weighted by Crippen LogP contribution is 2.26. The second kappa shape index (κ2) is 7.83. The Hall–Kier alpha value is -3.74. The number of imidazole rings is 1. The van der Waals surface area contributed by atoms with Gasteiger partial charge < -0.3 is 20.4 Å². The van der Waals surface area contributed by atoms with Crippen molar-refractivity contribution in [2.75, 3.05) is 12.3 Å². The second-order valence-electron chi connectivity index (χ2n) is 7.91. The van der Waals surface area contributed by atoms with E-state index in [9.17, 15) is 0 Å². The predicted molar refractivity (Wildman–Crippen MR) is 124 cm³/mol. The molecule has 4 N–H and O–H groups in total. The van der Waals surface area contributed by atoms with Crippen molar-refractivity contribution in [3.8, 4) is 11.4 Å². The van der Waals surface area contributed by atoms with Gasteiger partial charge in [-0.1, -0.05) is 13.3 Å². The SMILES string of the molecule is CCCCOc1ccc2[nH]c(Cc3cnn(-c4ccc5nc(C)[nH]c5c4)c3N)cc2c1. The van der Waals surface area contributed by atoms with Gasteiger partial charge in [-0.25, -0.2) is 9.67 Å². The molecule has 0 atom stereocenters. The number of H-pyrrole nitrogens is 2. The van der Waals surface area contributed by atoms with E-state index < -0.39 is 0 Å². The van der Waals surface area contributed by atoms with Gasteiger partial charge in [0.05, 0.1) is 29.5 Å². The van der Waals surface area contributed by atoms with Crippen LogP contribution >= 0.6 is 0 Å². The standard InChI is InChI=1S/C24H26N6O/c1-3-4-9-31-20-6-8-21-16(12-20)10-18(29-21)11-17-14-26-30(24(17)25)19-5-7-22-23(13-19)28-15(2)27-22/h5-8,10,12-14,29H,3-4,9,11,25H2,1-2H3,(H,27,28). The molecule has 7 heteroatoms. The zero-order valence-electron chi connectivity index (χ0n) is 17.8. The Morgan fingerprint density at radius 2 is 1.97 bits per heavy atom. The van der Waals surface area contributed by atoms with Crippen molar-refractivity contribution in [2.24, 2.45) is 0 Å². The lowest BCUT2D eigenvalue weighted by Crippen LogP contribution is -2.03. The first-order valence-electron chi connectivity index (χ1n) is 10.6. The van der Waals surface area contributed by atoms with Gasteiger partial charge in [0.2, 0.25) is 0 Å². The number of anilines is 1. The number of benzene rings is 2. The number of nitrogens with zero attached hydrogens (tertiary/aromatic N) is 3. The molecule has 0 aliphatic carbocycles. The van der Waals surface area contributed by atoms with Gasteiger partial charge in [0.15, 0.2) is 0 Å². The van der Waals surface area contributed by atoms with Crippen LogP contribution in [0.3, 0.4) is 0 Å². The van der Waals surface area contributed by atoms with Crippen molar-refractivity contribution in [2.45, 2.75) is 33.1 Å². The third-order valence-electron chi connectivity index (χ3n) is 5.51. The highest BCUT2D eigenvalue weighted by molar-refractivity contribution is 5.82. The number of rotatable bonds is 7. The second-order valence-corrected chi connectivity index (χ2v) is 7.91. The van der Waals surface area contributed by atoms with Crippen LogP contribution in [-0.4, -0.2) is 31.3 Å². The summed E-state index contributed by atoms with van der Waals surface area (Å²) in [6, 6.07) is 14.3. The van der Waals surface area contributed by atoms with Crippen molar-refractivity contribution in [1.29, 1.82) is 0 Å². The number of unbranched alkanes of at least 4 members (excludes halogenated alkanes) is 1. The van der Waals surface area contributed by atoms with Gasteiger partial charge >= 0.3 is 0 Å². The van der Waals surface area contributed by atoms with Gasteiger partial charge in [-0.15, -0.1) is 0 Å². The number of aromatic nitrogens is 5. The topological polar surface area (TPSA) is 97.5 Å². The quantitative estimate of drug-likeness (QED) is 0.330. The number of nitrogen functional groups attached to an aromatic ring is 1. The highest BCUT2D eigenvalue weighted by Gasteiger charge is 2.12. The molecule has 0 bridgehead atoms. The molecular formula is C24H26N6O. The fourth-order valence-electron chi connectivity index (χ4n) is 3.89. The van der Waals surface area contributed by atoms with E-state index in [0.717, 1.165) is 69.9 Å². The summed E-state index contributed by atoms with van der Waals surface area (Å²) in [6.07, 6.45) is 4.70. The Bertz CT molecular complexity index is 1360. The van der Waals surface area contributed by atoms with E-state index in [4.69, 9.17) is 10.5 Å². The first kappa shape index (κ1) is 19.2. The van der Waals surface area contributed by atoms with Crippen LogP contribution in [0.4, 0.5) is 5.82 Å². The molecule has 0 fully saturated rings. The molecular weight excluding hydrogens is 388 g/mol. The van der Waals surface area contributed by atoms with Crippen LogP contribution in [-0.2, 0) is 6.42 Å². The molecule has 3 heterocycles. The summed E-state index contributed by atoms with van der Waals surface area (Å²) in [5, 5.41) is 5.66. The molecule has 158 valence electrons. The van der Waals surface area contributed by atoms with E-state index in [-0.39, 0.29) is 0 Å². The normalized spacial score (nSPS) is 11.5. The van der Waals surface area contributed by atoms with Crippen LogP contribution in [0, 0.1) is 6.92 Å². The summed E-state index contributed by atoms with van der Waals surface area (Å²) >= 11 is 0. The van der Waals surface area contributed by atoms with Gasteiger partial charge in [0.25, 0.3) is 0 Å². The molecule has 0 amide bonds. The molecule has 0 radical (unpaired) electrons. The zero-order valence-corrected chi connectivity index (χ0v) is 17.8. The highest BCUT2D eigenvalue weighted by atomic mass is 16.5. The third-order valence-corrected chi connectivity index (χ3v) is 5.51. The molecule has 0 spiro atoms. The summed E-state index contributed by atoms with van der Waals surface area (Å²) in [5.74, 6) is 2.43. The number of aromatic amines is 2. The molecule has 7 nitrogen and oxygen atoms in total. The number of hydrogen-bond donors (Lipinski definition) is 3. The number of nitrogens with two attached hydrogens (primary N) is 1. The van der Waals surface area contributed by atoms with Crippen molar-refractivity contribution in [1.82, 2.24) is 24.7 Å². The van der Waals surface area contributed by atoms with E-state index in [1.54, 1.807) is 4.68 Å². The lowest BCUT2D eigenvalue weighted by molar-refractivity contribution is 0.310. The Morgan fingerprint density at radius 3 is 2.84 bits per heavy atom. The Labute approximate surface area is 180 Å². The van der Waals surface area contributed by atoms with Crippen molar-refractivity contribution < 1.29 is 4.74 Å². The minimum absolute atomic E-state index is 0.637. The minimum atomic E-state index is 0.637. The van der Waals surface area contributed by atoms with Crippen molar-refractivity contribution >= 4 is 27.8 Å². The number of fused-ring (bicyclic) bond motifs is 2. The van der Waals surface area contributed by atoms with E-state index in [2.05, 4.69) is 45.2 Å². The van der Waals surface area contributed by atoms with Gasteiger partial charge in [0, 0.05) is 28.6 Å². The summed E-state index contributed by atoms with van der Waals surface area (Å²) in [5.41, 5.74) is 12.4. The fourth-order valence-corrected chi connectivity index (χ4v) is 3.89. The molecule has 0 aliphatic heterocycles. The van der Waals surface area contributed by atoms with E-state index >= 15 is 0 Å². The number of ether oxygens (including phenoxy) is 1. The molecule has 0 saturated heterocycles. The van der Waals surface area contributed by atoms with Crippen LogP contribution in [0.2, 0.25) is 0 Å². The van der Waals surface area contributed by atoms with Gasteiger partial charge in [-0.2, -0.15) is 5.10 Å². The monoisotopic (exact) mass is 414 g/mol. The fraction of sp³-hybridized carbons (Fsp3) is 0.250. The number of nitrogens with one attached hydrogen (secondary N) is 2. The smallest absolute Gasteiger partial charge is 0.130 e. The Balaban J connectivity index is 1.38. The largest absolute Gasteiger partial charge is 0.494 e. The summed E-state index contributed by atoms with van der Waals surface area (Å²) in [7, 11) is 0. The summed E-state index contributed by atoms with van der Waals surface area (Å²) < 4.78 is 7.60. The van der Waals surface area contributed by atoms with Crippen LogP contribution in [0.15, 0.2) is 48.7 Å². The van der Waals surface area contributed by atoms with Crippen LogP contribution in [0.5, 0.6) is 5.75 Å². The summed E-state index contributed by atoms with van der Waals surface area (Å²) in [4.78, 5) is 11.2. The molecule has 3 aromatic heterocycles. The molecule has 31 heavy (non-hydrogen) atoms. The lowest BCUT2D eigenvalue weighted by Gasteiger charge is -2.05. The predicted octanol–water partition coefficient (Wildman–Crippen LogP) is 4.89. The summed E-state index contributed by atoms with van der Waals surface area (Å²) in [6.45, 7) is 4.86. The first-order valence-corrected chi connectivity index (χ1v) is 10.6.